The van der Waals surface area contributed by atoms with Crippen LogP contribution >= 0.6 is 11.6 Å². The molecule has 0 aliphatic rings. The molecule has 24 heavy (non-hydrogen) atoms. The predicted octanol–water partition coefficient (Wildman–Crippen LogP) is 2.88. The molecule has 6 nitrogen and oxygen atoms in total. The fourth-order valence-electron chi connectivity index (χ4n) is 2.03. The molecular formula is C17H25ClN2O4. The zero-order valence-electron chi connectivity index (χ0n) is 14.5. The lowest BCUT2D eigenvalue weighted by Crippen LogP contribution is -2.44. The lowest BCUT2D eigenvalue weighted by atomic mass is 10.1. The van der Waals surface area contributed by atoms with Crippen molar-refractivity contribution in [3.05, 3.63) is 29.8 Å². The number of alkyl carbamates (subject to hydrolysis) is 1. The summed E-state index contributed by atoms with van der Waals surface area (Å²) in [6, 6.07) is 6.42. The number of nitrogens with one attached hydrogen (secondary N) is 1. The molecule has 2 N–H and O–H groups in total. The maximum absolute atomic E-state index is 11.8. The number of alkyl halides is 1. The largest absolute Gasteiger partial charge is 0.480 e. The first-order chi connectivity index (χ1) is 11.1. The van der Waals surface area contributed by atoms with Gasteiger partial charge in [-0.1, -0.05) is 12.1 Å². The predicted molar refractivity (Wildman–Crippen MR) is 94.9 cm³/mol. The summed E-state index contributed by atoms with van der Waals surface area (Å²) in [5, 5.41) is 11.7. The Morgan fingerprint density at radius 3 is 2.33 bits per heavy atom. The van der Waals surface area contributed by atoms with Gasteiger partial charge in [-0.2, -0.15) is 0 Å². The van der Waals surface area contributed by atoms with E-state index in [2.05, 4.69) is 5.32 Å². The lowest BCUT2D eigenvalue weighted by molar-refractivity contribution is -0.139. The van der Waals surface area contributed by atoms with Crippen LogP contribution in [0.15, 0.2) is 24.3 Å². The summed E-state index contributed by atoms with van der Waals surface area (Å²) in [5.41, 5.74) is 1.12. The van der Waals surface area contributed by atoms with Crippen molar-refractivity contribution in [3.63, 3.8) is 0 Å². The fraction of sp³-hybridized carbons (Fsp3) is 0.529. The summed E-state index contributed by atoms with van der Waals surface area (Å²) in [6.07, 6.45) is -0.568. The van der Waals surface area contributed by atoms with Gasteiger partial charge in [-0.05, 0) is 38.5 Å². The second kappa shape index (κ2) is 8.78. The van der Waals surface area contributed by atoms with Gasteiger partial charge in [0.05, 0.1) is 0 Å². The van der Waals surface area contributed by atoms with E-state index in [1.165, 1.54) is 0 Å². The number of hydrogen-bond donors (Lipinski definition) is 2. The van der Waals surface area contributed by atoms with Gasteiger partial charge < -0.3 is 20.1 Å². The molecule has 7 heteroatoms. The molecule has 0 saturated carbocycles. The number of nitrogens with zero attached hydrogens (tertiary/aromatic N) is 1. The van der Waals surface area contributed by atoms with Crippen LogP contribution in [-0.2, 0) is 16.0 Å². The van der Waals surface area contributed by atoms with Crippen molar-refractivity contribution in [3.8, 4) is 0 Å². The third-order valence-corrected chi connectivity index (χ3v) is 3.39. The molecule has 1 atom stereocenters. The average Bonchev–Trinajstić information content (AvgIpc) is 2.45. The Morgan fingerprint density at radius 1 is 1.29 bits per heavy atom. The van der Waals surface area contributed by atoms with E-state index in [1.54, 1.807) is 20.8 Å². The van der Waals surface area contributed by atoms with Gasteiger partial charge in [-0.25, -0.2) is 9.59 Å². The number of halogens is 1. The molecule has 0 bridgehead atoms. The molecule has 1 aromatic carbocycles. The minimum atomic E-state index is -1.11. The molecular weight excluding hydrogens is 332 g/mol. The van der Waals surface area contributed by atoms with Crippen LogP contribution in [0.2, 0.25) is 0 Å². The smallest absolute Gasteiger partial charge is 0.408 e. The van der Waals surface area contributed by atoms with E-state index < -0.39 is 23.7 Å². The number of ether oxygens (including phenoxy) is 1. The maximum atomic E-state index is 11.8. The second-order valence-corrected chi connectivity index (χ2v) is 6.90. The van der Waals surface area contributed by atoms with Gasteiger partial charge in [0, 0.05) is 31.6 Å². The van der Waals surface area contributed by atoms with Crippen LogP contribution in [-0.4, -0.2) is 48.3 Å². The van der Waals surface area contributed by atoms with E-state index in [-0.39, 0.29) is 6.42 Å². The van der Waals surface area contributed by atoms with Crippen LogP contribution in [0.25, 0.3) is 0 Å². The van der Waals surface area contributed by atoms with Gasteiger partial charge in [0.2, 0.25) is 0 Å². The summed E-state index contributed by atoms with van der Waals surface area (Å²) in [4.78, 5) is 25.1. The molecule has 1 unspecified atom stereocenters. The van der Waals surface area contributed by atoms with Crippen molar-refractivity contribution in [2.75, 3.05) is 24.4 Å². The lowest BCUT2D eigenvalue weighted by Gasteiger charge is -2.22. The zero-order chi connectivity index (χ0) is 18.3. The van der Waals surface area contributed by atoms with Crippen molar-refractivity contribution in [2.45, 2.75) is 38.8 Å². The molecule has 1 rings (SSSR count). The van der Waals surface area contributed by atoms with E-state index >= 15 is 0 Å². The molecule has 0 radical (unpaired) electrons. The Kier molecular flexibility index (Phi) is 7.35. The van der Waals surface area contributed by atoms with E-state index in [0.717, 1.165) is 17.8 Å². The van der Waals surface area contributed by atoms with Crippen LogP contribution in [0, 0.1) is 0 Å². The first-order valence-electron chi connectivity index (χ1n) is 7.70. The van der Waals surface area contributed by atoms with Crippen molar-refractivity contribution in [1.82, 2.24) is 5.32 Å². The zero-order valence-corrected chi connectivity index (χ0v) is 15.3. The van der Waals surface area contributed by atoms with Crippen LogP contribution in [0.3, 0.4) is 0 Å². The summed E-state index contributed by atoms with van der Waals surface area (Å²) < 4.78 is 5.10. The van der Waals surface area contributed by atoms with Crippen LogP contribution in [0.1, 0.15) is 26.3 Å². The van der Waals surface area contributed by atoms with Gasteiger partial charge in [0.15, 0.2) is 0 Å². The SMILES string of the molecule is CN(CCCl)c1ccc(CC(NC(=O)OC(C)(C)C)C(=O)O)cc1. The molecule has 1 amide bonds. The summed E-state index contributed by atoms with van der Waals surface area (Å²) in [7, 11) is 1.93. The second-order valence-electron chi connectivity index (χ2n) is 6.52. The highest BCUT2D eigenvalue weighted by Gasteiger charge is 2.24. The Morgan fingerprint density at radius 2 is 1.88 bits per heavy atom. The molecule has 0 aliphatic heterocycles. The third kappa shape index (κ3) is 7.08. The monoisotopic (exact) mass is 356 g/mol. The summed E-state index contributed by atoms with van der Waals surface area (Å²) in [6.45, 7) is 5.88. The van der Waals surface area contributed by atoms with Gasteiger partial charge >= 0.3 is 12.1 Å². The standard InChI is InChI=1S/C17H25ClN2O4/c1-17(2,3)24-16(23)19-14(15(21)22)11-12-5-7-13(8-6-12)20(4)10-9-18/h5-8,14H,9-11H2,1-4H3,(H,19,23)(H,21,22). The van der Waals surface area contributed by atoms with Gasteiger partial charge in [-0.15, -0.1) is 11.6 Å². The number of benzene rings is 1. The van der Waals surface area contributed by atoms with E-state index in [0.29, 0.717) is 5.88 Å². The van der Waals surface area contributed by atoms with Crippen molar-refractivity contribution in [1.29, 1.82) is 0 Å². The van der Waals surface area contributed by atoms with Gasteiger partial charge in [-0.3, -0.25) is 0 Å². The number of amides is 1. The van der Waals surface area contributed by atoms with E-state index in [1.807, 2.05) is 36.2 Å². The van der Waals surface area contributed by atoms with Crippen LogP contribution in [0.4, 0.5) is 10.5 Å². The highest BCUT2D eigenvalue weighted by atomic mass is 35.5. The molecule has 0 fully saturated rings. The number of rotatable bonds is 7. The van der Waals surface area contributed by atoms with E-state index in [4.69, 9.17) is 16.3 Å². The number of carbonyl (C=O) groups excluding carboxylic acids is 1. The highest BCUT2D eigenvalue weighted by molar-refractivity contribution is 6.18. The van der Waals surface area contributed by atoms with Crippen LogP contribution < -0.4 is 10.2 Å². The number of hydrogen-bond acceptors (Lipinski definition) is 4. The minimum absolute atomic E-state index is 0.175. The van der Waals surface area contributed by atoms with Crippen molar-refractivity contribution >= 4 is 29.4 Å². The molecule has 134 valence electrons. The molecule has 0 heterocycles. The molecule has 0 aliphatic carbocycles. The molecule has 0 spiro atoms. The average molecular weight is 357 g/mol. The van der Waals surface area contributed by atoms with Crippen molar-refractivity contribution in [2.24, 2.45) is 0 Å². The molecule has 1 aromatic rings. The van der Waals surface area contributed by atoms with Crippen LogP contribution in [0.5, 0.6) is 0 Å². The summed E-state index contributed by atoms with van der Waals surface area (Å²) >= 11 is 5.72. The van der Waals surface area contributed by atoms with Crippen molar-refractivity contribution < 1.29 is 19.4 Å². The number of carbonyl (C=O) groups is 2. The Labute approximate surface area is 147 Å². The number of aliphatic carboxylic acids is 1. The first kappa shape index (κ1) is 20.1. The maximum Gasteiger partial charge on any atom is 0.408 e. The fourth-order valence-corrected chi connectivity index (χ4v) is 2.28. The summed E-state index contributed by atoms with van der Waals surface area (Å²) in [5.74, 6) is -0.580. The molecule has 0 aromatic heterocycles. The quantitative estimate of drug-likeness (QED) is 0.734. The Bertz CT molecular complexity index is 555. The number of carboxylic acids is 1. The first-order valence-corrected chi connectivity index (χ1v) is 8.24. The Hall–Kier alpha value is -1.95. The molecule has 0 saturated heterocycles. The topological polar surface area (TPSA) is 78.9 Å². The van der Waals surface area contributed by atoms with E-state index in [9.17, 15) is 14.7 Å². The highest BCUT2D eigenvalue weighted by Crippen LogP contribution is 2.15. The number of carboxylic acid groups (broad SMARTS) is 1. The Balaban J connectivity index is 2.72. The minimum Gasteiger partial charge on any atom is -0.480 e. The number of anilines is 1. The third-order valence-electron chi connectivity index (χ3n) is 3.23. The normalized spacial score (nSPS) is 12.4. The van der Waals surface area contributed by atoms with Gasteiger partial charge in [0.1, 0.15) is 11.6 Å². The van der Waals surface area contributed by atoms with Gasteiger partial charge in [0.25, 0.3) is 0 Å².